The first-order valence-corrected chi connectivity index (χ1v) is 8.16. The lowest BCUT2D eigenvalue weighted by Gasteiger charge is -2.09. The highest BCUT2D eigenvalue weighted by molar-refractivity contribution is 7.89. The quantitative estimate of drug-likeness (QED) is 0.920. The van der Waals surface area contributed by atoms with E-state index in [-0.39, 0.29) is 5.75 Å². The van der Waals surface area contributed by atoms with Crippen molar-refractivity contribution >= 4 is 15.9 Å². The van der Waals surface area contributed by atoms with E-state index in [0.717, 1.165) is 11.9 Å². The van der Waals surface area contributed by atoms with Crippen LogP contribution in [0.5, 0.6) is 11.5 Å². The van der Waals surface area contributed by atoms with Crippen molar-refractivity contribution < 1.29 is 26.7 Å². The van der Waals surface area contributed by atoms with E-state index in [9.17, 15) is 22.0 Å². The molecule has 0 saturated heterocycles. The van der Waals surface area contributed by atoms with Crippen LogP contribution >= 0.6 is 0 Å². The second kappa shape index (κ2) is 6.29. The summed E-state index contributed by atoms with van der Waals surface area (Å²) in [5, 5.41) is 0. The van der Waals surface area contributed by atoms with Gasteiger partial charge in [-0.2, -0.15) is 0 Å². The van der Waals surface area contributed by atoms with Gasteiger partial charge < -0.3 is 4.74 Å². The first-order valence-electron chi connectivity index (χ1n) is 6.27. The molecule has 0 radical (unpaired) electrons. The van der Waals surface area contributed by atoms with Crippen molar-refractivity contribution in [2.45, 2.75) is 6.92 Å². The highest BCUT2D eigenvalue weighted by Gasteiger charge is 2.19. The Morgan fingerprint density at radius 1 is 1.22 bits per heavy atom. The fourth-order valence-corrected chi connectivity index (χ4v) is 2.09. The van der Waals surface area contributed by atoms with Crippen LogP contribution in [0.1, 0.15) is 16.1 Å². The van der Waals surface area contributed by atoms with E-state index in [0.29, 0.717) is 12.1 Å². The third-order valence-corrected chi connectivity index (χ3v) is 3.21. The van der Waals surface area contributed by atoms with Crippen LogP contribution < -0.4 is 9.46 Å². The van der Waals surface area contributed by atoms with Gasteiger partial charge in [0.15, 0.2) is 11.6 Å². The lowest BCUT2D eigenvalue weighted by Crippen LogP contribution is -2.30. The van der Waals surface area contributed by atoms with Gasteiger partial charge in [-0.1, -0.05) is 0 Å². The molecule has 0 unspecified atom stereocenters. The summed E-state index contributed by atoms with van der Waals surface area (Å²) in [5.41, 5.74) is -0.0286. The second-order valence-electron chi connectivity index (χ2n) is 4.70. The van der Waals surface area contributed by atoms with Crippen molar-refractivity contribution in [1.82, 2.24) is 9.71 Å². The average Bonchev–Trinajstić information content (AvgIpc) is 2.43. The van der Waals surface area contributed by atoms with Crippen LogP contribution in [-0.4, -0.2) is 25.6 Å². The predicted octanol–water partition coefficient (Wildman–Crippen LogP) is 2.15. The lowest BCUT2D eigenvalue weighted by molar-refractivity contribution is 0.0977. The average molecular weight is 342 g/mol. The number of sulfonamides is 1. The van der Waals surface area contributed by atoms with Crippen molar-refractivity contribution in [1.29, 1.82) is 0 Å². The summed E-state index contributed by atoms with van der Waals surface area (Å²) in [6.07, 6.45) is 2.05. The molecule has 0 saturated carbocycles. The van der Waals surface area contributed by atoms with Crippen LogP contribution in [0.15, 0.2) is 30.5 Å². The van der Waals surface area contributed by atoms with Crippen molar-refractivity contribution in [3.05, 3.63) is 53.4 Å². The van der Waals surface area contributed by atoms with Crippen LogP contribution in [-0.2, 0) is 10.0 Å². The zero-order valence-corrected chi connectivity index (χ0v) is 12.9. The molecular formula is C14H12F2N2O4S. The lowest BCUT2D eigenvalue weighted by atomic mass is 10.2. The Morgan fingerprint density at radius 2 is 1.91 bits per heavy atom. The fourth-order valence-electron chi connectivity index (χ4n) is 1.65. The van der Waals surface area contributed by atoms with Crippen LogP contribution in [0.25, 0.3) is 0 Å². The summed E-state index contributed by atoms with van der Waals surface area (Å²) in [6, 6.07) is 4.36. The normalized spacial score (nSPS) is 11.1. The summed E-state index contributed by atoms with van der Waals surface area (Å²) >= 11 is 0. The number of ether oxygens (including phenoxy) is 1. The Labute approximate surface area is 131 Å². The molecule has 0 atom stereocenters. The van der Waals surface area contributed by atoms with Crippen molar-refractivity contribution in [2.24, 2.45) is 0 Å². The largest absolute Gasteiger partial charge is 0.453 e. The van der Waals surface area contributed by atoms with E-state index in [1.807, 2.05) is 0 Å². The van der Waals surface area contributed by atoms with E-state index in [1.54, 1.807) is 17.7 Å². The number of pyridine rings is 1. The maximum absolute atomic E-state index is 13.9. The molecule has 2 aromatic rings. The van der Waals surface area contributed by atoms with Gasteiger partial charge in [0.1, 0.15) is 11.6 Å². The summed E-state index contributed by atoms with van der Waals surface area (Å²) in [7, 11) is -3.89. The summed E-state index contributed by atoms with van der Waals surface area (Å²) < 4.78 is 56.5. The van der Waals surface area contributed by atoms with Crippen molar-refractivity contribution in [2.75, 3.05) is 6.26 Å². The summed E-state index contributed by atoms with van der Waals surface area (Å²) in [6.45, 7) is 1.75. The third-order valence-electron chi connectivity index (χ3n) is 2.66. The number of hydrogen-bond donors (Lipinski definition) is 1. The Hall–Kier alpha value is -2.55. The van der Waals surface area contributed by atoms with Gasteiger partial charge in [0, 0.05) is 11.8 Å². The van der Waals surface area contributed by atoms with Gasteiger partial charge in [0.2, 0.25) is 10.0 Å². The third kappa shape index (κ3) is 4.46. The molecule has 0 spiro atoms. The number of aromatic nitrogens is 1. The Morgan fingerprint density at radius 3 is 2.48 bits per heavy atom. The molecule has 6 nitrogen and oxygen atoms in total. The standard InChI is InChI=1S/C14H12F2N2O4S/c1-8-3-4-9(7-17-8)22-13-6-11(15)10(5-12(13)16)14(19)18-23(2,20)21/h3-7H,1-2H3,(H,18,19). The topological polar surface area (TPSA) is 85.4 Å². The SMILES string of the molecule is Cc1ccc(Oc2cc(F)c(C(=O)NS(C)(=O)=O)cc2F)cn1. The van der Waals surface area contributed by atoms with Crippen molar-refractivity contribution in [3.63, 3.8) is 0 Å². The van der Waals surface area contributed by atoms with Crippen LogP contribution in [0.2, 0.25) is 0 Å². The van der Waals surface area contributed by atoms with Gasteiger partial charge in [-0.05, 0) is 25.1 Å². The van der Waals surface area contributed by atoms with E-state index in [2.05, 4.69) is 4.98 Å². The molecule has 1 aromatic heterocycles. The first kappa shape index (κ1) is 16.8. The molecule has 1 heterocycles. The Bertz CT molecular complexity index is 852. The highest BCUT2D eigenvalue weighted by Crippen LogP contribution is 2.26. The smallest absolute Gasteiger partial charge is 0.267 e. The van der Waals surface area contributed by atoms with E-state index < -0.39 is 38.9 Å². The predicted molar refractivity (Wildman–Crippen MR) is 77.7 cm³/mol. The monoisotopic (exact) mass is 342 g/mol. The molecule has 1 N–H and O–H groups in total. The van der Waals surface area contributed by atoms with Gasteiger partial charge >= 0.3 is 0 Å². The molecule has 23 heavy (non-hydrogen) atoms. The number of halogens is 2. The van der Waals surface area contributed by atoms with Crippen LogP contribution in [0.4, 0.5) is 8.78 Å². The van der Waals surface area contributed by atoms with Gasteiger partial charge in [-0.3, -0.25) is 9.78 Å². The maximum Gasteiger partial charge on any atom is 0.267 e. The minimum Gasteiger partial charge on any atom is -0.453 e. The molecule has 0 aliphatic rings. The molecule has 0 aliphatic carbocycles. The molecule has 2 rings (SSSR count). The molecule has 0 bridgehead atoms. The number of hydrogen-bond acceptors (Lipinski definition) is 5. The molecule has 1 amide bonds. The van der Waals surface area contributed by atoms with E-state index >= 15 is 0 Å². The number of rotatable bonds is 4. The van der Waals surface area contributed by atoms with E-state index in [4.69, 9.17) is 4.74 Å². The van der Waals surface area contributed by atoms with Gasteiger partial charge in [0.05, 0.1) is 18.0 Å². The minimum atomic E-state index is -3.89. The number of carbonyl (C=O) groups excluding carboxylic acids is 1. The van der Waals surface area contributed by atoms with E-state index in [1.165, 1.54) is 12.3 Å². The second-order valence-corrected chi connectivity index (χ2v) is 6.45. The molecule has 0 aliphatic heterocycles. The number of nitrogens with one attached hydrogen (secondary N) is 1. The minimum absolute atomic E-state index is 0.183. The number of aryl methyl sites for hydroxylation is 1. The first-order chi connectivity index (χ1) is 10.7. The number of carbonyl (C=O) groups is 1. The van der Waals surface area contributed by atoms with Crippen molar-refractivity contribution in [3.8, 4) is 11.5 Å². The maximum atomic E-state index is 13.9. The molecule has 122 valence electrons. The van der Waals surface area contributed by atoms with Crippen LogP contribution in [0.3, 0.4) is 0 Å². The Kier molecular flexibility index (Phi) is 4.60. The van der Waals surface area contributed by atoms with Gasteiger partial charge in [0.25, 0.3) is 5.91 Å². The molecule has 1 aromatic carbocycles. The van der Waals surface area contributed by atoms with Gasteiger partial charge in [-0.25, -0.2) is 21.9 Å². The molecule has 9 heteroatoms. The summed E-state index contributed by atoms with van der Waals surface area (Å²) in [4.78, 5) is 15.5. The number of benzene rings is 1. The fraction of sp³-hybridized carbons (Fsp3) is 0.143. The summed E-state index contributed by atoms with van der Waals surface area (Å²) in [5.74, 6) is -3.69. The zero-order valence-electron chi connectivity index (χ0n) is 12.1. The highest BCUT2D eigenvalue weighted by atomic mass is 32.2. The number of amides is 1. The Balaban J connectivity index is 2.30. The molecule has 0 fully saturated rings. The number of nitrogens with zero attached hydrogens (tertiary/aromatic N) is 1. The van der Waals surface area contributed by atoms with Gasteiger partial charge in [-0.15, -0.1) is 0 Å². The zero-order chi connectivity index (χ0) is 17.2. The van der Waals surface area contributed by atoms with Crippen LogP contribution in [0, 0.1) is 18.6 Å². The molecular weight excluding hydrogens is 330 g/mol.